The fraction of sp³-hybridized carbons (Fsp3) is 0.176. The van der Waals surface area contributed by atoms with Gasteiger partial charge in [-0.1, -0.05) is 30.3 Å². The number of hydrogen-bond acceptors (Lipinski definition) is 2. The first kappa shape index (κ1) is 14.8. The first-order chi connectivity index (χ1) is 9.99. The van der Waals surface area contributed by atoms with Crippen LogP contribution in [0.1, 0.15) is 44.8 Å². The number of nitrogens with two attached hydrogens (primary N) is 1. The van der Waals surface area contributed by atoms with Crippen molar-refractivity contribution in [3.05, 3.63) is 70.8 Å². The monoisotopic (exact) mass is 282 g/mol. The van der Waals surface area contributed by atoms with Gasteiger partial charge in [-0.3, -0.25) is 9.59 Å². The minimum Gasteiger partial charge on any atom is -0.366 e. The van der Waals surface area contributed by atoms with Crippen molar-refractivity contribution in [2.75, 3.05) is 0 Å². The van der Waals surface area contributed by atoms with Crippen LogP contribution in [0, 0.1) is 6.92 Å². The van der Waals surface area contributed by atoms with Gasteiger partial charge in [0.1, 0.15) is 0 Å². The van der Waals surface area contributed by atoms with Crippen molar-refractivity contribution in [2.24, 2.45) is 5.73 Å². The molecule has 2 amide bonds. The predicted molar refractivity (Wildman–Crippen MR) is 82.0 cm³/mol. The normalized spacial score (nSPS) is 11.7. The lowest BCUT2D eigenvalue weighted by molar-refractivity contribution is 0.0940. The summed E-state index contributed by atoms with van der Waals surface area (Å²) < 4.78 is 0. The second kappa shape index (κ2) is 6.22. The maximum absolute atomic E-state index is 12.3. The van der Waals surface area contributed by atoms with Crippen LogP contribution in [0.5, 0.6) is 0 Å². The smallest absolute Gasteiger partial charge is 0.251 e. The quantitative estimate of drug-likeness (QED) is 0.904. The Kier molecular flexibility index (Phi) is 4.38. The van der Waals surface area contributed by atoms with E-state index in [1.165, 1.54) is 6.07 Å². The maximum atomic E-state index is 12.3. The summed E-state index contributed by atoms with van der Waals surface area (Å²) in [7, 11) is 0. The molecule has 4 heteroatoms. The molecule has 0 aromatic heterocycles. The Hall–Kier alpha value is -2.62. The molecule has 3 N–H and O–H groups in total. The summed E-state index contributed by atoms with van der Waals surface area (Å²) in [6.45, 7) is 3.93. The zero-order valence-corrected chi connectivity index (χ0v) is 12.1. The van der Waals surface area contributed by atoms with Crippen LogP contribution in [0.2, 0.25) is 0 Å². The average molecular weight is 282 g/mol. The molecular formula is C17H18N2O2. The number of primary amides is 1. The molecule has 0 aliphatic rings. The van der Waals surface area contributed by atoms with Crippen LogP contribution < -0.4 is 11.1 Å². The van der Waals surface area contributed by atoms with Gasteiger partial charge in [0.05, 0.1) is 6.04 Å². The Morgan fingerprint density at radius 2 is 1.71 bits per heavy atom. The second-order valence-electron chi connectivity index (χ2n) is 5.00. The molecule has 0 spiro atoms. The van der Waals surface area contributed by atoms with Crippen LogP contribution >= 0.6 is 0 Å². The van der Waals surface area contributed by atoms with E-state index in [1.54, 1.807) is 18.2 Å². The Bertz CT molecular complexity index is 680. The highest BCUT2D eigenvalue weighted by Gasteiger charge is 2.13. The van der Waals surface area contributed by atoms with E-state index in [0.717, 1.165) is 11.1 Å². The van der Waals surface area contributed by atoms with E-state index >= 15 is 0 Å². The molecule has 1 atom stereocenters. The maximum Gasteiger partial charge on any atom is 0.251 e. The van der Waals surface area contributed by atoms with Crippen LogP contribution in [0.15, 0.2) is 48.5 Å². The van der Waals surface area contributed by atoms with Gasteiger partial charge in [-0.2, -0.15) is 0 Å². The van der Waals surface area contributed by atoms with E-state index in [1.807, 2.05) is 38.1 Å². The molecule has 2 rings (SSSR count). The van der Waals surface area contributed by atoms with Gasteiger partial charge in [0, 0.05) is 11.1 Å². The molecule has 0 aliphatic carbocycles. The molecule has 108 valence electrons. The Balaban J connectivity index is 2.16. The van der Waals surface area contributed by atoms with Crippen LogP contribution in [0.4, 0.5) is 0 Å². The lowest BCUT2D eigenvalue weighted by Gasteiger charge is -2.16. The summed E-state index contributed by atoms with van der Waals surface area (Å²) in [6, 6.07) is 14.2. The number of nitrogens with one attached hydrogen (secondary N) is 1. The van der Waals surface area contributed by atoms with Crippen LogP contribution in [0.25, 0.3) is 0 Å². The average Bonchev–Trinajstić information content (AvgIpc) is 2.47. The molecular weight excluding hydrogens is 264 g/mol. The number of benzene rings is 2. The first-order valence-corrected chi connectivity index (χ1v) is 6.75. The highest BCUT2D eigenvalue weighted by Crippen LogP contribution is 2.17. The summed E-state index contributed by atoms with van der Waals surface area (Å²) in [5.41, 5.74) is 8.16. The summed E-state index contributed by atoms with van der Waals surface area (Å²) in [6.07, 6.45) is 0. The van der Waals surface area contributed by atoms with Gasteiger partial charge in [-0.15, -0.1) is 0 Å². The number of hydrogen-bond donors (Lipinski definition) is 2. The van der Waals surface area contributed by atoms with Crippen LogP contribution in [0.3, 0.4) is 0 Å². The molecule has 4 nitrogen and oxygen atoms in total. The molecule has 0 heterocycles. The van der Waals surface area contributed by atoms with E-state index in [2.05, 4.69) is 5.32 Å². The molecule has 0 bridgehead atoms. The SMILES string of the molecule is Cc1ccccc1C(C)NC(=O)c1cccc(C(N)=O)c1. The zero-order valence-electron chi connectivity index (χ0n) is 12.1. The number of rotatable bonds is 4. The summed E-state index contributed by atoms with van der Waals surface area (Å²) >= 11 is 0. The van der Waals surface area contributed by atoms with Crippen molar-refractivity contribution in [1.82, 2.24) is 5.32 Å². The predicted octanol–water partition coefficient (Wildman–Crippen LogP) is 2.58. The molecule has 2 aromatic carbocycles. The van der Waals surface area contributed by atoms with E-state index in [4.69, 9.17) is 5.73 Å². The standard InChI is InChI=1S/C17H18N2O2/c1-11-6-3-4-9-15(11)12(2)19-17(21)14-8-5-7-13(10-14)16(18)20/h3-10,12H,1-2H3,(H2,18,20)(H,19,21). The van der Waals surface area contributed by atoms with Gasteiger partial charge in [0.25, 0.3) is 5.91 Å². The van der Waals surface area contributed by atoms with E-state index < -0.39 is 5.91 Å². The Morgan fingerprint density at radius 3 is 2.38 bits per heavy atom. The van der Waals surface area contributed by atoms with Crippen molar-refractivity contribution < 1.29 is 9.59 Å². The number of carbonyl (C=O) groups is 2. The largest absolute Gasteiger partial charge is 0.366 e. The minimum absolute atomic E-state index is 0.115. The lowest BCUT2D eigenvalue weighted by Crippen LogP contribution is -2.27. The number of aryl methyl sites for hydroxylation is 1. The highest BCUT2D eigenvalue weighted by molar-refractivity contribution is 5.99. The van der Waals surface area contributed by atoms with Gasteiger partial charge >= 0.3 is 0 Å². The van der Waals surface area contributed by atoms with Crippen molar-refractivity contribution in [2.45, 2.75) is 19.9 Å². The number of amides is 2. The third-order valence-corrected chi connectivity index (χ3v) is 3.41. The van der Waals surface area contributed by atoms with E-state index in [0.29, 0.717) is 11.1 Å². The summed E-state index contributed by atoms with van der Waals surface area (Å²) in [5.74, 6) is -0.773. The van der Waals surface area contributed by atoms with Gasteiger partial charge in [-0.05, 0) is 43.2 Å². The minimum atomic E-state index is -0.545. The topological polar surface area (TPSA) is 72.2 Å². The highest BCUT2D eigenvalue weighted by atomic mass is 16.2. The van der Waals surface area contributed by atoms with Crippen molar-refractivity contribution in [3.8, 4) is 0 Å². The molecule has 0 radical (unpaired) electrons. The molecule has 2 aromatic rings. The second-order valence-corrected chi connectivity index (χ2v) is 5.00. The third kappa shape index (κ3) is 3.48. The first-order valence-electron chi connectivity index (χ1n) is 6.75. The summed E-state index contributed by atoms with van der Waals surface area (Å²) in [5, 5.41) is 2.93. The van der Waals surface area contributed by atoms with Gasteiger partial charge in [-0.25, -0.2) is 0 Å². The van der Waals surface area contributed by atoms with E-state index in [-0.39, 0.29) is 11.9 Å². The van der Waals surface area contributed by atoms with Crippen molar-refractivity contribution >= 4 is 11.8 Å². The lowest BCUT2D eigenvalue weighted by atomic mass is 10.0. The molecule has 0 aliphatic heterocycles. The van der Waals surface area contributed by atoms with Gasteiger partial charge < -0.3 is 11.1 Å². The molecule has 0 fully saturated rings. The third-order valence-electron chi connectivity index (χ3n) is 3.41. The Labute approximate surface area is 124 Å². The summed E-state index contributed by atoms with van der Waals surface area (Å²) in [4.78, 5) is 23.4. The van der Waals surface area contributed by atoms with Gasteiger partial charge in [0.15, 0.2) is 0 Å². The molecule has 0 saturated heterocycles. The Morgan fingerprint density at radius 1 is 1.05 bits per heavy atom. The van der Waals surface area contributed by atoms with Crippen LogP contribution in [-0.2, 0) is 0 Å². The van der Waals surface area contributed by atoms with E-state index in [9.17, 15) is 9.59 Å². The molecule has 0 saturated carbocycles. The fourth-order valence-electron chi connectivity index (χ4n) is 2.24. The van der Waals surface area contributed by atoms with Crippen molar-refractivity contribution in [1.29, 1.82) is 0 Å². The van der Waals surface area contributed by atoms with Crippen molar-refractivity contribution in [3.63, 3.8) is 0 Å². The fourth-order valence-corrected chi connectivity index (χ4v) is 2.24. The number of carbonyl (C=O) groups excluding carboxylic acids is 2. The zero-order chi connectivity index (χ0) is 15.4. The van der Waals surface area contributed by atoms with Gasteiger partial charge in [0.2, 0.25) is 5.91 Å². The molecule has 1 unspecified atom stereocenters. The van der Waals surface area contributed by atoms with Crippen LogP contribution in [-0.4, -0.2) is 11.8 Å². The molecule has 21 heavy (non-hydrogen) atoms.